The Morgan fingerprint density at radius 1 is 1.42 bits per heavy atom. The number of nitrogens with zero attached hydrogens (tertiary/aromatic N) is 1. The van der Waals surface area contributed by atoms with E-state index >= 15 is 0 Å². The molecule has 1 aromatic rings. The second-order valence-electron chi connectivity index (χ2n) is 4.90. The van der Waals surface area contributed by atoms with Crippen LogP contribution in [0.4, 0.5) is 0 Å². The van der Waals surface area contributed by atoms with Gasteiger partial charge in [0.2, 0.25) is 5.91 Å². The Bertz CT molecular complexity index is 350. The number of hydrogen-bond acceptors (Lipinski definition) is 4. The highest BCUT2D eigenvalue weighted by Gasteiger charge is 2.17. The third kappa shape index (κ3) is 5.89. The number of carbonyl (C=O) groups is 1. The largest absolute Gasteiger partial charge is 0.468 e. The molecule has 1 aromatic heterocycles. The number of furan rings is 1. The molecule has 0 aliphatic rings. The van der Waals surface area contributed by atoms with E-state index in [2.05, 4.69) is 5.32 Å². The van der Waals surface area contributed by atoms with Crippen LogP contribution in [0.2, 0.25) is 0 Å². The van der Waals surface area contributed by atoms with Crippen molar-refractivity contribution in [3.8, 4) is 0 Å². The van der Waals surface area contributed by atoms with Gasteiger partial charge < -0.3 is 15.5 Å². The molecule has 1 heterocycles. The SMILES string of the molecule is CN(C)C(CNC(=O)CCCCCN)c1ccco1. The molecule has 1 amide bonds. The van der Waals surface area contributed by atoms with E-state index in [0.29, 0.717) is 19.5 Å². The van der Waals surface area contributed by atoms with E-state index < -0.39 is 0 Å². The Kier molecular flexibility index (Phi) is 7.22. The number of likely N-dealkylation sites (N-methyl/N-ethyl adjacent to an activating group) is 1. The maximum atomic E-state index is 11.7. The fourth-order valence-electron chi connectivity index (χ4n) is 1.92. The summed E-state index contributed by atoms with van der Waals surface area (Å²) in [5, 5.41) is 2.96. The molecule has 1 atom stereocenters. The highest BCUT2D eigenvalue weighted by molar-refractivity contribution is 5.75. The number of hydrogen-bond donors (Lipinski definition) is 2. The molecule has 0 aliphatic carbocycles. The van der Waals surface area contributed by atoms with Crippen molar-refractivity contribution in [3.63, 3.8) is 0 Å². The molecule has 0 saturated carbocycles. The van der Waals surface area contributed by atoms with E-state index in [-0.39, 0.29) is 11.9 Å². The van der Waals surface area contributed by atoms with Crippen LogP contribution in [-0.4, -0.2) is 38.0 Å². The van der Waals surface area contributed by atoms with Gasteiger partial charge in [0.05, 0.1) is 12.3 Å². The summed E-state index contributed by atoms with van der Waals surface area (Å²) in [4.78, 5) is 13.7. The summed E-state index contributed by atoms with van der Waals surface area (Å²) >= 11 is 0. The number of rotatable bonds is 9. The van der Waals surface area contributed by atoms with Crippen LogP contribution >= 0.6 is 0 Å². The molecule has 1 rings (SSSR count). The molecule has 0 spiro atoms. The third-order valence-corrected chi connectivity index (χ3v) is 3.10. The quantitative estimate of drug-likeness (QED) is 0.665. The van der Waals surface area contributed by atoms with E-state index in [1.54, 1.807) is 6.26 Å². The van der Waals surface area contributed by atoms with Crippen LogP contribution in [0, 0.1) is 0 Å². The van der Waals surface area contributed by atoms with Crippen LogP contribution in [-0.2, 0) is 4.79 Å². The van der Waals surface area contributed by atoms with Crippen molar-refractivity contribution < 1.29 is 9.21 Å². The van der Waals surface area contributed by atoms with Crippen LogP contribution < -0.4 is 11.1 Å². The fourth-order valence-corrected chi connectivity index (χ4v) is 1.92. The van der Waals surface area contributed by atoms with Gasteiger partial charge >= 0.3 is 0 Å². The lowest BCUT2D eigenvalue weighted by atomic mass is 10.1. The second-order valence-corrected chi connectivity index (χ2v) is 4.90. The van der Waals surface area contributed by atoms with Crippen LogP contribution in [0.25, 0.3) is 0 Å². The molecule has 0 saturated heterocycles. The Hall–Kier alpha value is -1.33. The number of carbonyl (C=O) groups excluding carboxylic acids is 1. The summed E-state index contributed by atoms with van der Waals surface area (Å²) < 4.78 is 5.40. The van der Waals surface area contributed by atoms with Crippen molar-refractivity contribution >= 4 is 5.91 Å². The van der Waals surface area contributed by atoms with Gasteiger partial charge in [-0.05, 0) is 45.6 Å². The summed E-state index contributed by atoms with van der Waals surface area (Å²) in [5.41, 5.74) is 5.41. The topological polar surface area (TPSA) is 71.5 Å². The molecule has 5 nitrogen and oxygen atoms in total. The molecule has 3 N–H and O–H groups in total. The first kappa shape index (κ1) is 15.7. The second kappa shape index (κ2) is 8.72. The van der Waals surface area contributed by atoms with Crippen LogP contribution in [0.15, 0.2) is 22.8 Å². The third-order valence-electron chi connectivity index (χ3n) is 3.10. The van der Waals surface area contributed by atoms with Crippen molar-refractivity contribution in [2.24, 2.45) is 5.73 Å². The number of unbranched alkanes of at least 4 members (excludes halogenated alkanes) is 2. The molecular formula is C14H25N3O2. The normalized spacial score (nSPS) is 12.6. The van der Waals surface area contributed by atoms with E-state index in [9.17, 15) is 4.79 Å². The molecule has 0 fully saturated rings. The van der Waals surface area contributed by atoms with E-state index in [4.69, 9.17) is 10.2 Å². The van der Waals surface area contributed by atoms with Gasteiger partial charge in [-0.15, -0.1) is 0 Å². The molecule has 1 unspecified atom stereocenters. The first-order chi connectivity index (χ1) is 9.15. The summed E-state index contributed by atoms with van der Waals surface area (Å²) in [6.45, 7) is 1.26. The number of amides is 1. The lowest BCUT2D eigenvalue weighted by molar-refractivity contribution is -0.121. The Balaban J connectivity index is 2.30. The van der Waals surface area contributed by atoms with Crippen molar-refractivity contribution in [3.05, 3.63) is 24.2 Å². The first-order valence-corrected chi connectivity index (χ1v) is 6.81. The minimum atomic E-state index is 0.0722. The average Bonchev–Trinajstić information content (AvgIpc) is 2.88. The van der Waals surface area contributed by atoms with Gasteiger partial charge in [-0.3, -0.25) is 9.69 Å². The summed E-state index contributed by atoms with van der Waals surface area (Å²) in [7, 11) is 3.95. The number of nitrogens with one attached hydrogen (secondary N) is 1. The summed E-state index contributed by atoms with van der Waals surface area (Å²) in [6.07, 6.45) is 5.12. The van der Waals surface area contributed by atoms with Crippen LogP contribution in [0.5, 0.6) is 0 Å². The highest BCUT2D eigenvalue weighted by Crippen LogP contribution is 2.17. The van der Waals surface area contributed by atoms with Crippen molar-refractivity contribution in [2.75, 3.05) is 27.2 Å². The van der Waals surface area contributed by atoms with Gasteiger partial charge in [0.1, 0.15) is 5.76 Å². The van der Waals surface area contributed by atoms with Crippen molar-refractivity contribution in [2.45, 2.75) is 31.7 Å². The van der Waals surface area contributed by atoms with Gasteiger partial charge in [0, 0.05) is 13.0 Å². The zero-order valence-corrected chi connectivity index (χ0v) is 11.9. The van der Waals surface area contributed by atoms with Gasteiger partial charge in [-0.2, -0.15) is 0 Å². The molecule has 0 aliphatic heterocycles. The minimum absolute atomic E-state index is 0.0722. The predicted octanol–water partition coefficient (Wildman–Crippen LogP) is 1.52. The van der Waals surface area contributed by atoms with Crippen LogP contribution in [0.3, 0.4) is 0 Å². The predicted molar refractivity (Wildman–Crippen MR) is 75.7 cm³/mol. The molecule has 19 heavy (non-hydrogen) atoms. The van der Waals surface area contributed by atoms with Gasteiger partial charge in [0.15, 0.2) is 0 Å². The Morgan fingerprint density at radius 2 is 2.21 bits per heavy atom. The maximum absolute atomic E-state index is 11.7. The molecule has 0 radical (unpaired) electrons. The highest BCUT2D eigenvalue weighted by atomic mass is 16.3. The van der Waals surface area contributed by atoms with Crippen molar-refractivity contribution in [1.82, 2.24) is 10.2 Å². The molecule has 0 bridgehead atoms. The fraction of sp³-hybridized carbons (Fsp3) is 0.643. The number of nitrogens with two attached hydrogens (primary N) is 1. The maximum Gasteiger partial charge on any atom is 0.220 e. The van der Waals surface area contributed by atoms with E-state index in [1.165, 1.54) is 0 Å². The van der Waals surface area contributed by atoms with E-state index in [0.717, 1.165) is 25.0 Å². The zero-order chi connectivity index (χ0) is 14.1. The molecular weight excluding hydrogens is 242 g/mol. The zero-order valence-electron chi connectivity index (χ0n) is 11.9. The summed E-state index contributed by atoms with van der Waals surface area (Å²) in [5.74, 6) is 0.962. The van der Waals surface area contributed by atoms with Crippen molar-refractivity contribution in [1.29, 1.82) is 0 Å². The standard InChI is InChI=1S/C14H25N3O2/c1-17(2)12(13-7-6-10-19-13)11-16-14(18)8-4-3-5-9-15/h6-7,10,12H,3-5,8-9,11,15H2,1-2H3,(H,16,18). The lowest BCUT2D eigenvalue weighted by Gasteiger charge is -2.22. The lowest BCUT2D eigenvalue weighted by Crippen LogP contribution is -2.34. The van der Waals surface area contributed by atoms with Gasteiger partial charge in [-0.1, -0.05) is 6.42 Å². The Morgan fingerprint density at radius 3 is 2.79 bits per heavy atom. The molecule has 0 aromatic carbocycles. The van der Waals surface area contributed by atoms with Gasteiger partial charge in [-0.25, -0.2) is 0 Å². The Labute approximate surface area is 115 Å². The molecule has 108 valence electrons. The van der Waals surface area contributed by atoms with E-state index in [1.807, 2.05) is 31.1 Å². The smallest absolute Gasteiger partial charge is 0.220 e. The summed E-state index contributed by atoms with van der Waals surface area (Å²) in [6, 6.07) is 3.86. The van der Waals surface area contributed by atoms with Crippen LogP contribution in [0.1, 0.15) is 37.5 Å². The van der Waals surface area contributed by atoms with Gasteiger partial charge in [0.25, 0.3) is 0 Å². The minimum Gasteiger partial charge on any atom is -0.468 e. The monoisotopic (exact) mass is 267 g/mol. The average molecular weight is 267 g/mol. The first-order valence-electron chi connectivity index (χ1n) is 6.81. The molecule has 5 heteroatoms.